The summed E-state index contributed by atoms with van der Waals surface area (Å²) < 4.78 is 5.53. The maximum Gasteiger partial charge on any atom is 0.343 e. The van der Waals surface area contributed by atoms with Crippen LogP contribution in [0.15, 0.2) is 53.3 Å². The van der Waals surface area contributed by atoms with Crippen LogP contribution in [0.25, 0.3) is 10.9 Å². The molecule has 0 amide bonds. The van der Waals surface area contributed by atoms with Crippen LogP contribution < -0.4 is 10.3 Å². The molecule has 1 aromatic heterocycles. The Morgan fingerprint density at radius 2 is 1.79 bits per heavy atom. The lowest BCUT2D eigenvalue weighted by Crippen LogP contribution is -2.27. The van der Waals surface area contributed by atoms with Gasteiger partial charge in [-0.3, -0.25) is 4.79 Å². The first-order valence-corrected chi connectivity index (χ1v) is 9.68. The number of likely N-dealkylation sites (N-methyl/N-ethyl adjacent to an activating group) is 1. The molecule has 0 atom stereocenters. The number of benzene rings is 2. The fraction of sp³-hybridized carbons (Fsp3) is 0.304. The molecule has 5 heteroatoms. The van der Waals surface area contributed by atoms with Crippen molar-refractivity contribution in [3.8, 4) is 5.75 Å². The van der Waals surface area contributed by atoms with Crippen molar-refractivity contribution in [2.45, 2.75) is 27.2 Å². The highest BCUT2D eigenvalue weighted by Crippen LogP contribution is 2.24. The number of rotatable bonds is 7. The summed E-state index contributed by atoms with van der Waals surface area (Å²) in [6.07, 6.45) is 0.687. The average Bonchev–Trinajstić information content (AvgIpc) is 2.72. The lowest BCUT2D eigenvalue weighted by Gasteiger charge is -2.18. The molecule has 0 aliphatic heterocycles. The molecule has 0 bridgehead atoms. The normalized spacial score (nSPS) is 11.1. The number of fused-ring (bicyclic) bond motifs is 1. The molecule has 28 heavy (non-hydrogen) atoms. The summed E-state index contributed by atoms with van der Waals surface area (Å²) in [5.41, 5.74) is 2.91. The van der Waals surface area contributed by atoms with Gasteiger partial charge in [0.05, 0.1) is 5.56 Å². The van der Waals surface area contributed by atoms with E-state index in [1.165, 1.54) is 0 Å². The van der Waals surface area contributed by atoms with Crippen molar-refractivity contribution in [3.05, 3.63) is 75.6 Å². The van der Waals surface area contributed by atoms with E-state index in [9.17, 15) is 9.59 Å². The minimum Gasteiger partial charge on any atom is -0.423 e. The number of aryl methyl sites for hydroxylation is 1. The van der Waals surface area contributed by atoms with Gasteiger partial charge in [0.2, 0.25) is 0 Å². The molecule has 0 radical (unpaired) electrons. The third kappa shape index (κ3) is 4.31. The quantitative estimate of drug-likeness (QED) is 0.500. The third-order valence-corrected chi connectivity index (χ3v) is 5.16. The van der Waals surface area contributed by atoms with E-state index in [1.807, 2.05) is 19.1 Å². The van der Waals surface area contributed by atoms with Crippen molar-refractivity contribution in [2.24, 2.45) is 0 Å². The number of esters is 1. The number of carbonyl (C=O) groups excluding carboxylic acids is 1. The number of aromatic nitrogens is 1. The predicted molar refractivity (Wildman–Crippen MR) is 112 cm³/mol. The lowest BCUT2D eigenvalue weighted by molar-refractivity contribution is 0.0735. The van der Waals surface area contributed by atoms with E-state index in [1.54, 1.807) is 36.4 Å². The summed E-state index contributed by atoms with van der Waals surface area (Å²) in [6.45, 7) is 8.95. The second-order valence-corrected chi connectivity index (χ2v) is 6.80. The Morgan fingerprint density at radius 3 is 2.46 bits per heavy atom. The summed E-state index contributed by atoms with van der Waals surface area (Å²) >= 11 is 0. The van der Waals surface area contributed by atoms with Gasteiger partial charge in [-0.2, -0.15) is 0 Å². The van der Waals surface area contributed by atoms with Crippen molar-refractivity contribution < 1.29 is 9.53 Å². The number of ether oxygens (including phenoxy) is 1. The second kappa shape index (κ2) is 8.85. The summed E-state index contributed by atoms with van der Waals surface area (Å²) in [6, 6.07) is 14.2. The Hall–Kier alpha value is -2.92. The van der Waals surface area contributed by atoms with E-state index in [4.69, 9.17) is 4.74 Å². The number of pyridine rings is 1. The number of H-pyrrole nitrogens is 1. The molecule has 1 N–H and O–H groups in total. The zero-order chi connectivity index (χ0) is 20.1. The molecular weight excluding hydrogens is 352 g/mol. The Bertz CT molecular complexity index is 1020. The highest BCUT2D eigenvalue weighted by molar-refractivity contribution is 5.92. The molecule has 0 aliphatic rings. The summed E-state index contributed by atoms with van der Waals surface area (Å²) in [5, 5.41) is 0.896. The zero-order valence-corrected chi connectivity index (χ0v) is 16.6. The molecule has 5 nitrogen and oxygen atoms in total. The monoisotopic (exact) mass is 378 g/mol. The molecule has 0 aliphatic carbocycles. The minimum atomic E-state index is -0.399. The first-order chi connectivity index (χ1) is 13.5. The fourth-order valence-electron chi connectivity index (χ4n) is 3.39. The van der Waals surface area contributed by atoms with Gasteiger partial charge in [0, 0.05) is 23.0 Å². The van der Waals surface area contributed by atoms with Gasteiger partial charge in [0.1, 0.15) is 5.75 Å². The van der Waals surface area contributed by atoms with Crippen LogP contribution >= 0.6 is 0 Å². The number of nitrogens with zero attached hydrogens (tertiary/aromatic N) is 1. The largest absolute Gasteiger partial charge is 0.423 e. The Morgan fingerprint density at radius 1 is 1.07 bits per heavy atom. The standard InChI is InChI=1S/C23H26N2O3/c1-4-25(5-2)14-13-19-16(3)20-15-18(11-12-21(20)24-22(19)26)28-23(27)17-9-7-6-8-10-17/h6-12,15H,4-5,13-14H2,1-3H3,(H,24,26). The van der Waals surface area contributed by atoms with Gasteiger partial charge in [-0.15, -0.1) is 0 Å². The molecule has 0 saturated heterocycles. The van der Waals surface area contributed by atoms with E-state index in [0.717, 1.165) is 41.7 Å². The first-order valence-electron chi connectivity index (χ1n) is 9.68. The molecule has 2 aromatic carbocycles. The lowest BCUT2D eigenvalue weighted by atomic mass is 10.0. The van der Waals surface area contributed by atoms with Crippen molar-refractivity contribution in [1.29, 1.82) is 0 Å². The summed E-state index contributed by atoms with van der Waals surface area (Å²) in [5.74, 6) is 0.0648. The number of hydrogen-bond donors (Lipinski definition) is 1. The van der Waals surface area contributed by atoms with Crippen LogP contribution in [0.1, 0.15) is 35.3 Å². The van der Waals surface area contributed by atoms with Crippen LogP contribution in [0.5, 0.6) is 5.75 Å². The molecule has 3 aromatic rings. The first kappa shape index (κ1) is 19.8. The molecule has 1 heterocycles. The van der Waals surface area contributed by atoms with Gasteiger partial charge in [-0.1, -0.05) is 32.0 Å². The molecule has 0 unspecified atom stereocenters. The summed E-state index contributed by atoms with van der Waals surface area (Å²) in [4.78, 5) is 30.1. The van der Waals surface area contributed by atoms with Gasteiger partial charge in [-0.05, 0) is 62.3 Å². The van der Waals surface area contributed by atoms with Crippen molar-refractivity contribution >= 4 is 16.9 Å². The van der Waals surface area contributed by atoms with E-state index in [2.05, 4.69) is 23.7 Å². The Kier molecular flexibility index (Phi) is 6.26. The van der Waals surface area contributed by atoms with Crippen LogP contribution in [-0.4, -0.2) is 35.5 Å². The van der Waals surface area contributed by atoms with Gasteiger partial charge in [0.25, 0.3) is 5.56 Å². The van der Waals surface area contributed by atoms with Crippen LogP contribution in [0.4, 0.5) is 0 Å². The van der Waals surface area contributed by atoms with Gasteiger partial charge >= 0.3 is 5.97 Å². The van der Waals surface area contributed by atoms with E-state index < -0.39 is 5.97 Å². The van der Waals surface area contributed by atoms with Crippen LogP contribution in [-0.2, 0) is 6.42 Å². The smallest absolute Gasteiger partial charge is 0.343 e. The van der Waals surface area contributed by atoms with E-state index >= 15 is 0 Å². The van der Waals surface area contributed by atoms with Gasteiger partial charge in [-0.25, -0.2) is 4.79 Å². The summed E-state index contributed by atoms with van der Waals surface area (Å²) in [7, 11) is 0. The number of hydrogen-bond acceptors (Lipinski definition) is 4. The average molecular weight is 378 g/mol. The second-order valence-electron chi connectivity index (χ2n) is 6.80. The molecular formula is C23H26N2O3. The number of nitrogens with one attached hydrogen (secondary N) is 1. The Balaban J connectivity index is 1.90. The van der Waals surface area contributed by atoms with Crippen molar-refractivity contribution in [2.75, 3.05) is 19.6 Å². The molecule has 0 saturated carbocycles. The van der Waals surface area contributed by atoms with E-state index in [-0.39, 0.29) is 5.56 Å². The number of carbonyl (C=O) groups is 1. The van der Waals surface area contributed by atoms with E-state index in [0.29, 0.717) is 17.7 Å². The SMILES string of the molecule is CCN(CC)CCc1c(C)c2cc(OC(=O)c3ccccc3)ccc2[nH]c1=O. The maximum absolute atomic E-state index is 12.5. The predicted octanol–water partition coefficient (Wildman–Crippen LogP) is 3.94. The highest BCUT2D eigenvalue weighted by atomic mass is 16.5. The topological polar surface area (TPSA) is 62.4 Å². The van der Waals surface area contributed by atoms with Crippen LogP contribution in [0.3, 0.4) is 0 Å². The highest BCUT2D eigenvalue weighted by Gasteiger charge is 2.13. The fourth-order valence-corrected chi connectivity index (χ4v) is 3.39. The Labute approximate surface area is 165 Å². The van der Waals surface area contributed by atoms with Gasteiger partial charge < -0.3 is 14.6 Å². The zero-order valence-electron chi connectivity index (χ0n) is 16.6. The minimum absolute atomic E-state index is 0.0498. The molecule has 146 valence electrons. The molecule has 3 rings (SSSR count). The number of aromatic amines is 1. The molecule has 0 spiro atoms. The molecule has 0 fully saturated rings. The van der Waals surface area contributed by atoms with Crippen LogP contribution in [0.2, 0.25) is 0 Å². The van der Waals surface area contributed by atoms with Crippen LogP contribution in [0, 0.1) is 6.92 Å². The third-order valence-electron chi connectivity index (χ3n) is 5.16. The van der Waals surface area contributed by atoms with Gasteiger partial charge in [0.15, 0.2) is 0 Å². The maximum atomic E-state index is 12.5. The van der Waals surface area contributed by atoms with Crippen molar-refractivity contribution in [3.63, 3.8) is 0 Å². The van der Waals surface area contributed by atoms with Crippen molar-refractivity contribution in [1.82, 2.24) is 9.88 Å².